The molecule has 1 aliphatic rings. The summed E-state index contributed by atoms with van der Waals surface area (Å²) in [7, 11) is 0. The number of pyridine rings is 1. The second kappa shape index (κ2) is 3.73. The first-order valence-electron chi connectivity index (χ1n) is 4.67. The van der Waals surface area contributed by atoms with Crippen molar-refractivity contribution in [2.75, 3.05) is 0 Å². The molecule has 6 heteroatoms. The van der Waals surface area contributed by atoms with Crippen LogP contribution in [0.4, 0.5) is 4.79 Å². The molecule has 2 rings (SSSR count). The highest BCUT2D eigenvalue weighted by atomic mass is 16.2. The topological polar surface area (TPSA) is 79.4 Å². The van der Waals surface area contributed by atoms with Gasteiger partial charge in [-0.15, -0.1) is 0 Å². The highest BCUT2D eigenvalue weighted by Crippen LogP contribution is 2.10. The van der Waals surface area contributed by atoms with E-state index >= 15 is 0 Å². The molecule has 1 N–H and O–H groups in total. The van der Waals surface area contributed by atoms with Crippen molar-refractivity contribution in [2.45, 2.75) is 13.5 Å². The van der Waals surface area contributed by atoms with E-state index < -0.39 is 17.8 Å². The van der Waals surface area contributed by atoms with Gasteiger partial charge in [-0.3, -0.25) is 19.9 Å². The zero-order valence-electron chi connectivity index (χ0n) is 8.56. The molecule has 0 aliphatic carbocycles. The van der Waals surface area contributed by atoms with Gasteiger partial charge < -0.3 is 0 Å². The van der Waals surface area contributed by atoms with Crippen molar-refractivity contribution in [3.8, 4) is 0 Å². The predicted molar refractivity (Wildman–Crippen MR) is 53.1 cm³/mol. The van der Waals surface area contributed by atoms with Crippen molar-refractivity contribution in [2.24, 2.45) is 0 Å². The number of rotatable bonds is 2. The molecule has 2 heterocycles. The first-order valence-corrected chi connectivity index (χ1v) is 4.67. The van der Waals surface area contributed by atoms with E-state index in [0.717, 1.165) is 10.5 Å². The maximum absolute atomic E-state index is 11.3. The molecule has 1 fully saturated rings. The monoisotopic (exact) mass is 219 g/mol. The Balaban J connectivity index is 2.23. The van der Waals surface area contributed by atoms with Crippen LogP contribution in [0.15, 0.2) is 18.3 Å². The van der Waals surface area contributed by atoms with Gasteiger partial charge in [0.25, 0.3) is 0 Å². The minimum absolute atomic E-state index is 0.0169. The second-order valence-electron chi connectivity index (χ2n) is 3.42. The molecule has 16 heavy (non-hydrogen) atoms. The summed E-state index contributed by atoms with van der Waals surface area (Å²) in [4.78, 5) is 38.4. The van der Waals surface area contributed by atoms with Gasteiger partial charge in [0, 0.05) is 6.20 Å². The van der Waals surface area contributed by atoms with Gasteiger partial charge in [-0.2, -0.15) is 0 Å². The molecule has 0 spiro atoms. The lowest BCUT2D eigenvalue weighted by atomic mass is 10.2. The van der Waals surface area contributed by atoms with E-state index in [0.29, 0.717) is 5.69 Å². The van der Waals surface area contributed by atoms with Gasteiger partial charge in [-0.1, -0.05) is 6.07 Å². The maximum atomic E-state index is 11.3. The van der Waals surface area contributed by atoms with Gasteiger partial charge >= 0.3 is 17.8 Å². The van der Waals surface area contributed by atoms with Crippen molar-refractivity contribution in [1.29, 1.82) is 0 Å². The second-order valence-corrected chi connectivity index (χ2v) is 3.42. The van der Waals surface area contributed by atoms with E-state index in [1.165, 1.54) is 0 Å². The molecule has 0 saturated carbocycles. The number of urea groups is 1. The minimum Gasteiger partial charge on any atom is -0.269 e. The first-order chi connectivity index (χ1) is 7.59. The smallest absolute Gasteiger partial charge is 0.269 e. The molecule has 0 aromatic carbocycles. The third-order valence-electron chi connectivity index (χ3n) is 2.33. The number of carbonyl (C=O) groups is 3. The van der Waals surface area contributed by atoms with E-state index in [-0.39, 0.29) is 6.54 Å². The Morgan fingerprint density at radius 1 is 1.38 bits per heavy atom. The number of hydrogen-bond donors (Lipinski definition) is 1. The fourth-order valence-electron chi connectivity index (χ4n) is 1.41. The van der Waals surface area contributed by atoms with E-state index in [2.05, 4.69) is 4.98 Å². The van der Waals surface area contributed by atoms with Crippen LogP contribution in [-0.2, 0) is 16.1 Å². The molecule has 1 aromatic rings. The first kappa shape index (κ1) is 10.3. The lowest BCUT2D eigenvalue weighted by Crippen LogP contribution is -2.31. The van der Waals surface area contributed by atoms with Crippen molar-refractivity contribution in [3.63, 3.8) is 0 Å². The van der Waals surface area contributed by atoms with Crippen molar-refractivity contribution in [1.82, 2.24) is 15.2 Å². The Hall–Kier alpha value is -2.24. The number of imide groups is 2. The summed E-state index contributed by atoms with van der Waals surface area (Å²) in [6.07, 6.45) is 1.57. The molecular weight excluding hydrogens is 210 g/mol. The highest BCUT2D eigenvalue weighted by molar-refractivity contribution is 6.44. The molecular formula is C10H9N3O3. The third-order valence-corrected chi connectivity index (χ3v) is 2.33. The average molecular weight is 219 g/mol. The number of hydrogen-bond acceptors (Lipinski definition) is 4. The molecule has 82 valence electrons. The fraction of sp³-hybridized carbons (Fsp3) is 0.200. The number of nitrogens with one attached hydrogen (secondary N) is 1. The Morgan fingerprint density at radius 3 is 2.69 bits per heavy atom. The van der Waals surface area contributed by atoms with E-state index in [1.54, 1.807) is 12.3 Å². The lowest BCUT2D eigenvalue weighted by Gasteiger charge is -2.11. The van der Waals surface area contributed by atoms with Gasteiger partial charge in [0.2, 0.25) is 0 Å². The third kappa shape index (κ3) is 1.65. The van der Waals surface area contributed by atoms with Crippen LogP contribution in [0.25, 0.3) is 0 Å². The summed E-state index contributed by atoms with van der Waals surface area (Å²) >= 11 is 0. The standard InChI is InChI=1S/C10H9N3O3/c1-6-3-2-4-11-7(6)5-13-9(15)8(14)12-10(13)16/h2-4H,5H2,1H3,(H,12,14,16). The highest BCUT2D eigenvalue weighted by Gasteiger charge is 2.37. The molecule has 0 radical (unpaired) electrons. The Kier molecular flexibility index (Phi) is 2.40. The number of carbonyl (C=O) groups excluding carboxylic acids is 3. The van der Waals surface area contributed by atoms with Crippen LogP contribution in [-0.4, -0.2) is 27.7 Å². The summed E-state index contributed by atoms with van der Waals surface area (Å²) in [5.41, 5.74) is 1.46. The van der Waals surface area contributed by atoms with Crippen LogP contribution >= 0.6 is 0 Å². The Labute approximate surface area is 91.3 Å². The Bertz CT molecular complexity index is 484. The van der Waals surface area contributed by atoms with E-state index in [9.17, 15) is 14.4 Å². The van der Waals surface area contributed by atoms with Crippen LogP contribution < -0.4 is 5.32 Å². The number of amides is 4. The van der Waals surface area contributed by atoms with Crippen LogP contribution in [0, 0.1) is 6.92 Å². The largest absolute Gasteiger partial charge is 0.331 e. The molecule has 0 bridgehead atoms. The van der Waals surface area contributed by atoms with Crippen LogP contribution in [0.5, 0.6) is 0 Å². The van der Waals surface area contributed by atoms with Crippen LogP contribution in [0.2, 0.25) is 0 Å². The molecule has 0 unspecified atom stereocenters. The fourth-order valence-corrected chi connectivity index (χ4v) is 1.41. The molecule has 1 aromatic heterocycles. The zero-order valence-corrected chi connectivity index (χ0v) is 8.56. The van der Waals surface area contributed by atoms with Crippen molar-refractivity contribution < 1.29 is 14.4 Å². The molecule has 1 saturated heterocycles. The van der Waals surface area contributed by atoms with Crippen LogP contribution in [0.3, 0.4) is 0 Å². The molecule has 1 aliphatic heterocycles. The number of nitrogens with zero attached hydrogens (tertiary/aromatic N) is 2. The number of aryl methyl sites for hydroxylation is 1. The summed E-state index contributed by atoms with van der Waals surface area (Å²) in [6, 6.07) is 2.89. The van der Waals surface area contributed by atoms with Crippen molar-refractivity contribution in [3.05, 3.63) is 29.6 Å². The quantitative estimate of drug-likeness (QED) is 0.559. The van der Waals surface area contributed by atoms with Gasteiger partial charge in [0.15, 0.2) is 0 Å². The molecule has 0 atom stereocenters. The van der Waals surface area contributed by atoms with Gasteiger partial charge in [-0.05, 0) is 18.6 Å². The maximum Gasteiger partial charge on any atom is 0.331 e. The van der Waals surface area contributed by atoms with Gasteiger partial charge in [0.1, 0.15) is 0 Å². The molecule has 6 nitrogen and oxygen atoms in total. The zero-order chi connectivity index (χ0) is 11.7. The van der Waals surface area contributed by atoms with Crippen LogP contribution in [0.1, 0.15) is 11.3 Å². The summed E-state index contributed by atoms with van der Waals surface area (Å²) in [5.74, 6) is -1.73. The van der Waals surface area contributed by atoms with Crippen molar-refractivity contribution >= 4 is 17.8 Å². The molecule has 4 amide bonds. The van der Waals surface area contributed by atoms with E-state index in [1.807, 2.05) is 18.3 Å². The average Bonchev–Trinajstić information content (AvgIpc) is 2.48. The summed E-state index contributed by atoms with van der Waals surface area (Å²) < 4.78 is 0. The van der Waals surface area contributed by atoms with E-state index in [4.69, 9.17) is 0 Å². The predicted octanol–water partition coefficient (Wildman–Crippen LogP) is -0.0316. The minimum atomic E-state index is -0.890. The normalized spacial score (nSPS) is 15.6. The number of aromatic nitrogens is 1. The van der Waals surface area contributed by atoms with Gasteiger partial charge in [-0.25, -0.2) is 9.69 Å². The summed E-state index contributed by atoms with van der Waals surface area (Å²) in [5, 5.41) is 1.93. The SMILES string of the molecule is Cc1cccnc1CN1C(=O)NC(=O)C1=O. The van der Waals surface area contributed by atoms with Gasteiger partial charge in [0.05, 0.1) is 12.2 Å². The summed E-state index contributed by atoms with van der Waals surface area (Å²) in [6.45, 7) is 1.84. The Morgan fingerprint density at radius 2 is 2.12 bits per heavy atom. The lowest BCUT2D eigenvalue weighted by molar-refractivity contribution is -0.140.